The van der Waals surface area contributed by atoms with Crippen LogP contribution in [-0.4, -0.2) is 46.2 Å². The van der Waals surface area contributed by atoms with Gasteiger partial charge in [-0.1, -0.05) is 18.2 Å². The van der Waals surface area contributed by atoms with Crippen LogP contribution in [0.15, 0.2) is 30.5 Å². The zero-order valence-electron chi connectivity index (χ0n) is 14.8. The van der Waals surface area contributed by atoms with Crippen molar-refractivity contribution in [2.24, 2.45) is 5.73 Å². The summed E-state index contributed by atoms with van der Waals surface area (Å²) in [6, 6.07) is 6.69. The molecule has 4 N–H and O–H groups in total. The molecule has 3 amide bonds. The van der Waals surface area contributed by atoms with Crippen molar-refractivity contribution < 1.29 is 14.4 Å². The number of likely N-dealkylation sites (tertiary alicyclic amines) is 1. The van der Waals surface area contributed by atoms with E-state index in [9.17, 15) is 14.4 Å². The van der Waals surface area contributed by atoms with E-state index >= 15 is 0 Å². The maximum absolute atomic E-state index is 12.5. The fourth-order valence-corrected chi connectivity index (χ4v) is 3.54. The average Bonchev–Trinajstić information content (AvgIpc) is 3.26. The molecule has 2 atom stereocenters. The molecular weight excluding hydrogens is 332 g/mol. The van der Waals surface area contributed by atoms with Crippen LogP contribution in [0.3, 0.4) is 0 Å². The van der Waals surface area contributed by atoms with Crippen LogP contribution >= 0.6 is 0 Å². The Hall–Kier alpha value is -2.83. The van der Waals surface area contributed by atoms with Crippen LogP contribution in [0.1, 0.15) is 31.7 Å². The molecule has 1 aliphatic heterocycles. The molecule has 3 rings (SSSR count). The molecule has 1 aromatic carbocycles. The Labute approximate surface area is 151 Å². The van der Waals surface area contributed by atoms with E-state index in [1.54, 1.807) is 6.92 Å². The smallest absolute Gasteiger partial charge is 0.245 e. The third kappa shape index (κ3) is 3.71. The van der Waals surface area contributed by atoms with Gasteiger partial charge in [0.25, 0.3) is 0 Å². The number of aromatic amines is 1. The number of nitrogens with two attached hydrogens (primary N) is 1. The second-order valence-corrected chi connectivity index (χ2v) is 6.74. The molecule has 2 heterocycles. The third-order valence-corrected chi connectivity index (χ3v) is 4.91. The highest BCUT2D eigenvalue weighted by Gasteiger charge is 2.35. The summed E-state index contributed by atoms with van der Waals surface area (Å²) >= 11 is 0. The van der Waals surface area contributed by atoms with Gasteiger partial charge in [-0.3, -0.25) is 14.4 Å². The van der Waals surface area contributed by atoms with Gasteiger partial charge in [-0.15, -0.1) is 0 Å². The highest BCUT2D eigenvalue weighted by Crippen LogP contribution is 2.20. The van der Waals surface area contributed by atoms with Crippen molar-refractivity contribution in [2.45, 2.75) is 44.7 Å². The number of carbonyl (C=O) groups is 3. The van der Waals surface area contributed by atoms with Crippen LogP contribution in [0.25, 0.3) is 10.9 Å². The number of carbonyl (C=O) groups excluding carboxylic acids is 3. The molecule has 2 aromatic rings. The minimum atomic E-state index is -0.676. The summed E-state index contributed by atoms with van der Waals surface area (Å²) in [6.45, 7) is 2.14. The predicted molar refractivity (Wildman–Crippen MR) is 98.2 cm³/mol. The SMILES string of the molecule is CC(NC(=O)CCc1c[nH]c2ccccc12)C(=O)N1CCCC1C(N)=O. The molecule has 0 bridgehead atoms. The molecule has 0 aliphatic carbocycles. The monoisotopic (exact) mass is 356 g/mol. The number of primary amides is 1. The molecule has 0 spiro atoms. The van der Waals surface area contributed by atoms with E-state index in [2.05, 4.69) is 10.3 Å². The first-order valence-electron chi connectivity index (χ1n) is 8.91. The summed E-state index contributed by atoms with van der Waals surface area (Å²) in [6.07, 6.45) is 4.13. The van der Waals surface area contributed by atoms with Crippen molar-refractivity contribution in [3.8, 4) is 0 Å². The Balaban J connectivity index is 1.54. The summed E-state index contributed by atoms with van der Waals surface area (Å²) in [5, 5.41) is 3.84. The van der Waals surface area contributed by atoms with E-state index in [-0.39, 0.29) is 11.8 Å². The standard InChI is InChI=1S/C19H24N4O3/c1-12(19(26)23-10-4-7-16(23)18(20)25)22-17(24)9-8-13-11-21-15-6-3-2-5-14(13)15/h2-3,5-6,11-12,16,21H,4,7-10H2,1H3,(H2,20,25)(H,22,24). The molecule has 1 saturated heterocycles. The predicted octanol–water partition coefficient (Wildman–Crippen LogP) is 1.08. The summed E-state index contributed by atoms with van der Waals surface area (Å²) < 4.78 is 0. The van der Waals surface area contributed by atoms with E-state index < -0.39 is 18.0 Å². The number of aryl methyl sites for hydroxylation is 1. The Morgan fingerprint density at radius 3 is 2.88 bits per heavy atom. The second-order valence-electron chi connectivity index (χ2n) is 6.74. The molecular formula is C19H24N4O3. The van der Waals surface area contributed by atoms with E-state index in [0.717, 1.165) is 22.9 Å². The van der Waals surface area contributed by atoms with Crippen molar-refractivity contribution in [1.29, 1.82) is 0 Å². The van der Waals surface area contributed by atoms with Crippen LogP contribution in [-0.2, 0) is 20.8 Å². The molecule has 138 valence electrons. The molecule has 26 heavy (non-hydrogen) atoms. The third-order valence-electron chi connectivity index (χ3n) is 4.91. The maximum atomic E-state index is 12.5. The lowest BCUT2D eigenvalue weighted by Gasteiger charge is -2.25. The summed E-state index contributed by atoms with van der Waals surface area (Å²) in [5.74, 6) is -0.939. The molecule has 2 unspecified atom stereocenters. The first-order chi connectivity index (χ1) is 12.5. The Bertz CT molecular complexity index is 829. The summed E-state index contributed by atoms with van der Waals surface area (Å²) in [5.41, 5.74) is 7.46. The number of nitrogens with zero attached hydrogens (tertiary/aromatic N) is 1. The number of nitrogens with one attached hydrogen (secondary N) is 2. The van der Waals surface area contributed by atoms with E-state index in [1.807, 2.05) is 30.5 Å². The molecule has 7 nitrogen and oxygen atoms in total. The molecule has 7 heteroatoms. The van der Waals surface area contributed by atoms with Gasteiger partial charge in [0.05, 0.1) is 0 Å². The lowest BCUT2D eigenvalue weighted by Crippen LogP contribution is -2.51. The van der Waals surface area contributed by atoms with E-state index in [0.29, 0.717) is 25.8 Å². The number of hydrogen-bond donors (Lipinski definition) is 3. The fourth-order valence-electron chi connectivity index (χ4n) is 3.54. The zero-order chi connectivity index (χ0) is 18.7. The normalized spacial score (nSPS) is 18.0. The van der Waals surface area contributed by atoms with E-state index in [4.69, 9.17) is 5.73 Å². The number of H-pyrrole nitrogens is 1. The molecule has 1 aromatic heterocycles. The first kappa shape index (κ1) is 18.0. The Morgan fingerprint density at radius 1 is 1.35 bits per heavy atom. The first-order valence-corrected chi connectivity index (χ1v) is 8.91. The van der Waals surface area contributed by atoms with Crippen molar-refractivity contribution in [3.05, 3.63) is 36.0 Å². The van der Waals surface area contributed by atoms with Gasteiger partial charge in [-0.25, -0.2) is 0 Å². The number of rotatable bonds is 6. The molecule has 1 fully saturated rings. The van der Waals surface area contributed by atoms with Crippen molar-refractivity contribution in [3.63, 3.8) is 0 Å². The lowest BCUT2D eigenvalue weighted by molar-refractivity contribution is -0.140. The summed E-state index contributed by atoms with van der Waals surface area (Å²) in [4.78, 5) is 40.8. The molecule has 0 saturated carbocycles. The molecule has 1 aliphatic rings. The van der Waals surface area contributed by atoms with Gasteiger partial charge in [0, 0.05) is 30.1 Å². The summed E-state index contributed by atoms with van der Waals surface area (Å²) in [7, 11) is 0. The minimum Gasteiger partial charge on any atom is -0.368 e. The van der Waals surface area contributed by atoms with Gasteiger partial charge >= 0.3 is 0 Å². The largest absolute Gasteiger partial charge is 0.368 e. The number of hydrogen-bond acceptors (Lipinski definition) is 3. The van der Waals surface area contributed by atoms with Gasteiger partial charge in [-0.05, 0) is 37.8 Å². The van der Waals surface area contributed by atoms with E-state index in [1.165, 1.54) is 4.90 Å². The fraction of sp³-hybridized carbons (Fsp3) is 0.421. The number of benzene rings is 1. The number of para-hydroxylation sites is 1. The average molecular weight is 356 g/mol. The van der Waals surface area contributed by atoms with Crippen molar-refractivity contribution in [2.75, 3.05) is 6.54 Å². The highest BCUT2D eigenvalue weighted by atomic mass is 16.2. The quantitative estimate of drug-likeness (QED) is 0.721. The van der Waals surface area contributed by atoms with Crippen LogP contribution in [0.2, 0.25) is 0 Å². The van der Waals surface area contributed by atoms with Crippen LogP contribution in [0.4, 0.5) is 0 Å². The van der Waals surface area contributed by atoms with Gasteiger partial charge < -0.3 is 20.9 Å². The highest BCUT2D eigenvalue weighted by molar-refractivity contribution is 5.92. The lowest BCUT2D eigenvalue weighted by atomic mass is 10.1. The molecule has 0 radical (unpaired) electrons. The Kier molecular flexibility index (Phi) is 5.25. The second kappa shape index (κ2) is 7.59. The van der Waals surface area contributed by atoms with Crippen molar-refractivity contribution in [1.82, 2.24) is 15.2 Å². The van der Waals surface area contributed by atoms with Gasteiger partial charge in [0.15, 0.2) is 0 Å². The number of aromatic nitrogens is 1. The Morgan fingerprint density at radius 2 is 2.12 bits per heavy atom. The van der Waals surface area contributed by atoms with Gasteiger partial charge in [-0.2, -0.15) is 0 Å². The number of fused-ring (bicyclic) bond motifs is 1. The van der Waals surface area contributed by atoms with Crippen LogP contribution in [0, 0.1) is 0 Å². The van der Waals surface area contributed by atoms with Crippen LogP contribution in [0.5, 0.6) is 0 Å². The van der Waals surface area contributed by atoms with Crippen molar-refractivity contribution >= 4 is 28.6 Å². The minimum absolute atomic E-state index is 0.189. The van der Waals surface area contributed by atoms with Crippen LogP contribution < -0.4 is 11.1 Å². The topological polar surface area (TPSA) is 108 Å². The van der Waals surface area contributed by atoms with Gasteiger partial charge in [0.2, 0.25) is 17.7 Å². The van der Waals surface area contributed by atoms with Gasteiger partial charge in [0.1, 0.15) is 12.1 Å². The zero-order valence-corrected chi connectivity index (χ0v) is 14.8. The number of amides is 3. The maximum Gasteiger partial charge on any atom is 0.245 e.